The lowest BCUT2D eigenvalue weighted by molar-refractivity contribution is -0.148. The first-order chi connectivity index (χ1) is 48.3. The Hall–Kier alpha value is -8.61. The van der Waals surface area contributed by atoms with Crippen LogP contribution in [0.4, 0.5) is 20.1 Å². The van der Waals surface area contributed by atoms with E-state index in [0.717, 1.165) is 22.3 Å². The van der Waals surface area contributed by atoms with Crippen LogP contribution in [-0.2, 0) is 59.1 Å². The van der Waals surface area contributed by atoms with Crippen LogP contribution < -0.4 is 31.9 Å². The topological polar surface area (TPSA) is 302 Å². The molecule has 0 bridgehead atoms. The molecular weight excluding hydrogens is 1300 g/mol. The SMILES string of the molecule is CC[C@H](C)[C@@H]([C@@H](CC(=O)N1CCC[C@H]1C(OC)[C@@H](C)C(=O)NC(C)[C@@H](O)c1ccccc1)OC)N(C)C(=O)[C@@H](NC(=O)[C@H](C(C)C)N(C)C(=O)OCc1ccc(NC(=O)[C@H](CCCCNC(=O)OC(C)(C)C)NC(=O)[C@@H](NC(=O)OCC2c3ccccc3-c3ccccc32)C(C)C)cc1)C(C)C. The molecule has 1 saturated heterocycles. The lowest BCUT2D eigenvalue weighted by atomic mass is 9.89. The molecule has 2 aliphatic rings. The molecule has 4 aromatic carbocycles. The number of hydrogen-bond acceptors (Lipinski definition) is 15. The first kappa shape index (κ1) is 82.3. The zero-order valence-corrected chi connectivity index (χ0v) is 62.8. The predicted molar refractivity (Wildman–Crippen MR) is 390 cm³/mol. The molecule has 0 aromatic heterocycles. The average molecular weight is 1420 g/mol. The Labute approximate surface area is 603 Å². The normalized spacial score (nSPS) is 16.8. The van der Waals surface area contributed by atoms with E-state index in [2.05, 4.69) is 31.9 Å². The summed E-state index contributed by atoms with van der Waals surface area (Å²) < 4.78 is 29.0. The van der Waals surface area contributed by atoms with Gasteiger partial charge in [0.05, 0.1) is 48.8 Å². The van der Waals surface area contributed by atoms with Gasteiger partial charge in [0, 0.05) is 53.0 Å². The number of fused-ring (bicyclic) bond motifs is 3. The molecule has 560 valence electrons. The molecule has 1 heterocycles. The van der Waals surface area contributed by atoms with Gasteiger partial charge in [0.2, 0.25) is 35.4 Å². The third-order valence-electron chi connectivity index (χ3n) is 19.4. The highest BCUT2D eigenvalue weighted by Gasteiger charge is 2.44. The fraction of sp³-hybridized carbons (Fsp3) is 0.577. The number of amides is 9. The Kier molecular flexibility index (Phi) is 31.2. The summed E-state index contributed by atoms with van der Waals surface area (Å²) in [6.07, 6.45) is -1.74. The molecule has 0 saturated carbocycles. The van der Waals surface area contributed by atoms with Crippen LogP contribution in [0.25, 0.3) is 11.1 Å². The number of unbranched alkanes of at least 4 members (excludes halogenated alkanes) is 1. The molecular formula is C78H113N9O15. The van der Waals surface area contributed by atoms with Gasteiger partial charge in [-0.3, -0.25) is 33.7 Å². The van der Waals surface area contributed by atoms with E-state index in [-0.39, 0.29) is 56.3 Å². The van der Waals surface area contributed by atoms with Crippen LogP contribution in [0.2, 0.25) is 0 Å². The minimum atomic E-state index is -1.09. The summed E-state index contributed by atoms with van der Waals surface area (Å²) in [7, 11) is 6.12. The summed E-state index contributed by atoms with van der Waals surface area (Å²) in [5, 5.41) is 28.1. The van der Waals surface area contributed by atoms with Gasteiger partial charge in [-0.25, -0.2) is 14.4 Å². The third-order valence-corrected chi connectivity index (χ3v) is 19.4. The van der Waals surface area contributed by atoms with Gasteiger partial charge in [0.15, 0.2) is 0 Å². The fourth-order valence-electron chi connectivity index (χ4n) is 13.7. The Bertz CT molecular complexity index is 3390. The number of likely N-dealkylation sites (tertiary alicyclic amines) is 1. The van der Waals surface area contributed by atoms with E-state index < -0.39 is 132 Å². The number of carbonyl (C=O) groups is 9. The summed E-state index contributed by atoms with van der Waals surface area (Å²) in [5.41, 5.74) is 5.10. The molecule has 102 heavy (non-hydrogen) atoms. The van der Waals surface area contributed by atoms with Crippen molar-refractivity contribution in [3.63, 3.8) is 0 Å². The summed E-state index contributed by atoms with van der Waals surface area (Å²) in [6.45, 7) is 23.9. The lowest BCUT2D eigenvalue weighted by Crippen LogP contribution is -2.60. The van der Waals surface area contributed by atoms with E-state index in [1.807, 2.05) is 94.4 Å². The number of anilines is 1. The zero-order valence-electron chi connectivity index (χ0n) is 62.8. The second-order valence-electron chi connectivity index (χ2n) is 29.2. The molecule has 24 heteroatoms. The molecule has 24 nitrogen and oxygen atoms in total. The van der Waals surface area contributed by atoms with Crippen LogP contribution in [0.5, 0.6) is 0 Å². The number of methoxy groups -OCH3 is 2. The van der Waals surface area contributed by atoms with Gasteiger partial charge in [0.25, 0.3) is 0 Å². The number of likely N-dealkylation sites (N-methyl/N-ethyl adjacent to an activating group) is 2. The van der Waals surface area contributed by atoms with Crippen molar-refractivity contribution in [1.29, 1.82) is 0 Å². The second-order valence-corrected chi connectivity index (χ2v) is 29.2. The average Bonchev–Trinajstić information content (AvgIpc) is 1.61. The molecule has 2 unspecified atom stereocenters. The number of aliphatic hydroxyl groups is 1. The maximum Gasteiger partial charge on any atom is 0.410 e. The van der Waals surface area contributed by atoms with Crippen LogP contribution in [0, 0.1) is 29.6 Å². The van der Waals surface area contributed by atoms with E-state index in [9.17, 15) is 48.3 Å². The molecule has 4 aromatic rings. The maximum atomic E-state index is 14.9. The van der Waals surface area contributed by atoms with E-state index >= 15 is 0 Å². The number of hydrogen-bond donors (Lipinski definition) is 7. The van der Waals surface area contributed by atoms with Crippen molar-refractivity contribution >= 4 is 59.4 Å². The first-order valence-electron chi connectivity index (χ1n) is 36.0. The monoisotopic (exact) mass is 1420 g/mol. The van der Waals surface area contributed by atoms with Gasteiger partial charge < -0.3 is 70.5 Å². The molecule has 7 N–H and O–H groups in total. The maximum absolute atomic E-state index is 14.9. The molecule has 0 radical (unpaired) electrons. The Morgan fingerprint density at radius 1 is 0.647 bits per heavy atom. The molecule has 0 spiro atoms. The summed E-state index contributed by atoms with van der Waals surface area (Å²) in [5.74, 6) is -5.04. The minimum Gasteiger partial charge on any atom is -0.449 e. The predicted octanol–water partition coefficient (Wildman–Crippen LogP) is 10.3. The quantitative estimate of drug-likeness (QED) is 0.0166. The highest BCUT2D eigenvalue weighted by atomic mass is 16.6. The van der Waals surface area contributed by atoms with Gasteiger partial charge in [-0.15, -0.1) is 0 Å². The molecule has 6 rings (SSSR count). The zero-order chi connectivity index (χ0) is 75.3. The number of nitrogens with one attached hydrogen (secondary N) is 6. The van der Waals surface area contributed by atoms with Crippen molar-refractivity contribution in [3.8, 4) is 11.1 Å². The number of aliphatic hydroxyl groups excluding tert-OH is 1. The third kappa shape index (κ3) is 22.4. The van der Waals surface area contributed by atoms with E-state index in [0.29, 0.717) is 55.5 Å². The van der Waals surface area contributed by atoms with Crippen LogP contribution >= 0.6 is 0 Å². The number of alkyl carbamates (subject to hydrolysis) is 2. The standard InChI is InChI=1S/C78H113N9O15/c1-18-49(8)67(62(98-16)43-63(88)87-42-28-36-61(87)69(99-17)50(9)70(90)80-51(10)68(89)53-29-20-19-21-30-53)85(14)74(94)65(47(4)5)83-73(93)66(48(6)7)86(15)77(97)101-44-52-37-39-54(40-38-52)81-71(91)60(35-26-27-41-79-75(95)102-78(11,12)13)82-72(92)64(46(2)3)84-76(96)100-45-59-57-33-24-22-31-55(57)56-32-23-25-34-58(56)59/h19-25,29-34,37-40,46-51,59-62,64-69,89H,18,26-28,35-36,41-45H2,1-17H3,(H,79,95)(H,80,90)(H,81,91)(H,82,92)(H,83,93)(H,84,96)/t49-,50+,51?,60-,61-,62+,64-,65-,66-,67-,68+,69?/m0/s1. The van der Waals surface area contributed by atoms with Gasteiger partial charge in [-0.1, -0.05) is 160 Å². The van der Waals surface area contributed by atoms with Gasteiger partial charge >= 0.3 is 18.3 Å². The first-order valence-corrected chi connectivity index (χ1v) is 36.0. The summed E-state index contributed by atoms with van der Waals surface area (Å²) >= 11 is 0. The van der Waals surface area contributed by atoms with Crippen molar-refractivity contribution in [3.05, 3.63) is 125 Å². The highest BCUT2D eigenvalue weighted by molar-refractivity contribution is 5.98. The van der Waals surface area contributed by atoms with Crippen LogP contribution in [0.3, 0.4) is 0 Å². The van der Waals surface area contributed by atoms with Crippen LogP contribution in [-0.4, -0.2) is 182 Å². The van der Waals surface area contributed by atoms with Crippen molar-refractivity contribution in [2.45, 2.75) is 214 Å². The molecule has 12 atom stereocenters. The number of ether oxygens (including phenoxy) is 5. The van der Waals surface area contributed by atoms with Crippen molar-refractivity contribution in [2.75, 3.05) is 53.3 Å². The number of nitrogens with zero attached hydrogens (tertiary/aromatic N) is 3. The molecule has 1 aliphatic heterocycles. The second kappa shape index (κ2) is 38.6. The Morgan fingerprint density at radius 2 is 1.25 bits per heavy atom. The summed E-state index contributed by atoms with van der Waals surface area (Å²) in [4.78, 5) is 130. The lowest BCUT2D eigenvalue weighted by Gasteiger charge is -2.41. The molecule has 1 aliphatic carbocycles. The van der Waals surface area contributed by atoms with E-state index in [1.165, 1.54) is 26.2 Å². The molecule has 1 fully saturated rings. The Balaban J connectivity index is 1.06. The van der Waals surface area contributed by atoms with Crippen LogP contribution in [0.15, 0.2) is 103 Å². The summed E-state index contributed by atoms with van der Waals surface area (Å²) in [6, 6.07) is 25.6. The highest BCUT2D eigenvalue weighted by Crippen LogP contribution is 2.44. The number of rotatable bonds is 35. The van der Waals surface area contributed by atoms with Gasteiger partial charge in [-0.05, 0) is 129 Å². The van der Waals surface area contributed by atoms with E-state index in [1.54, 1.807) is 116 Å². The molecule has 9 amide bonds. The number of benzene rings is 4. The van der Waals surface area contributed by atoms with Crippen molar-refractivity contribution in [2.24, 2.45) is 29.6 Å². The fourth-order valence-corrected chi connectivity index (χ4v) is 13.7. The minimum absolute atomic E-state index is 0.0364. The van der Waals surface area contributed by atoms with Gasteiger partial charge in [0.1, 0.15) is 43.0 Å². The largest absolute Gasteiger partial charge is 0.449 e. The smallest absolute Gasteiger partial charge is 0.410 e. The number of carbonyl (C=O) groups excluding carboxylic acids is 9. The van der Waals surface area contributed by atoms with Crippen molar-refractivity contribution < 1.29 is 71.9 Å². The van der Waals surface area contributed by atoms with Crippen molar-refractivity contribution in [1.82, 2.24) is 41.3 Å². The Morgan fingerprint density at radius 3 is 1.82 bits per heavy atom. The van der Waals surface area contributed by atoms with Crippen LogP contribution in [0.1, 0.15) is 169 Å². The van der Waals surface area contributed by atoms with E-state index in [4.69, 9.17) is 23.7 Å². The van der Waals surface area contributed by atoms with Gasteiger partial charge in [-0.2, -0.15) is 0 Å².